The molecule has 0 bridgehead atoms. The summed E-state index contributed by atoms with van der Waals surface area (Å²) < 4.78 is 30.0. The first kappa shape index (κ1) is 27.8. The second-order valence-corrected chi connectivity index (χ2v) is 8.48. The molecule has 0 aliphatic heterocycles. The molecule has 0 heterocycles. The van der Waals surface area contributed by atoms with E-state index in [0.29, 0.717) is 47.3 Å². The summed E-state index contributed by atoms with van der Waals surface area (Å²) in [6, 6.07) is 27.0. The van der Waals surface area contributed by atoms with E-state index in [4.69, 9.17) is 14.2 Å². The van der Waals surface area contributed by atoms with E-state index in [9.17, 15) is 14.0 Å². The molecule has 2 amide bonds. The van der Waals surface area contributed by atoms with E-state index in [1.807, 2.05) is 37.3 Å². The van der Waals surface area contributed by atoms with Gasteiger partial charge in [0.1, 0.15) is 18.2 Å². The van der Waals surface area contributed by atoms with Gasteiger partial charge in [-0.2, -0.15) is 5.10 Å². The van der Waals surface area contributed by atoms with Crippen molar-refractivity contribution in [2.75, 3.05) is 18.5 Å². The predicted molar refractivity (Wildman–Crippen MR) is 150 cm³/mol. The van der Waals surface area contributed by atoms with Crippen molar-refractivity contribution < 1.29 is 28.2 Å². The van der Waals surface area contributed by atoms with Gasteiger partial charge in [-0.15, -0.1) is 0 Å². The lowest BCUT2D eigenvalue weighted by Crippen LogP contribution is -2.20. The Labute approximate surface area is 231 Å². The molecule has 204 valence electrons. The van der Waals surface area contributed by atoms with Gasteiger partial charge in [0.2, 0.25) is 0 Å². The first-order valence-corrected chi connectivity index (χ1v) is 12.6. The molecule has 40 heavy (non-hydrogen) atoms. The molecule has 0 unspecified atom stereocenters. The summed E-state index contributed by atoms with van der Waals surface area (Å²) in [6.07, 6.45) is 1.49. The number of rotatable bonds is 12. The van der Waals surface area contributed by atoms with Crippen molar-refractivity contribution >= 4 is 23.7 Å². The third-order valence-corrected chi connectivity index (χ3v) is 5.50. The van der Waals surface area contributed by atoms with Crippen LogP contribution in [0.2, 0.25) is 0 Å². The zero-order chi connectivity index (χ0) is 28.2. The topological polar surface area (TPSA) is 98.3 Å². The van der Waals surface area contributed by atoms with Gasteiger partial charge in [0, 0.05) is 11.3 Å². The van der Waals surface area contributed by atoms with Crippen LogP contribution in [-0.4, -0.2) is 31.2 Å². The van der Waals surface area contributed by atoms with Crippen LogP contribution in [0.5, 0.6) is 17.2 Å². The second-order valence-electron chi connectivity index (χ2n) is 8.48. The Morgan fingerprint density at radius 2 is 1.60 bits per heavy atom. The van der Waals surface area contributed by atoms with E-state index in [0.717, 1.165) is 5.56 Å². The lowest BCUT2D eigenvalue weighted by molar-refractivity contribution is -0.118. The van der Waals surface area contributed by atoms with Gasteiger partial charge in [0.05, 0.1) is 12.8 Å². The molecule has 0 saturated carbocycles. The van der Waals surface area contributed by atoms with Crippen LogP contribution in [0.3, 0.4) is 0 Å². The van der Waals surface area contributed by atoms with Crippen LogP contribution in [0.15, 0.2) is 102 Å². The van der Waals surface area contributed by atoms with Crippen molar-refractivity contribution in [1.29, 1.82) is 0 Å². The average Bonchev–Trinajstić information content (AvgIpc) is 2.98. The summed E-state index contributed by atoms with van der Waals surface area (Å²) in [5, 5.41) is 6.64. The Hall–Kier alpha value is -5.18. The van der Waals surface area contributed by atoms with E-state index in [-0.39, 0.29) is 18.3 Å². The Balaban J connectivity index is 1.26. The van der Waals surface area contributed by atoms with Crippen molar-refractivity contribution in [3.63, 3.8) is 0 Å². The molecular formula is C31H28FN3O5. The molecule has 0 aromatic heterocycles. The molecule has 0 radical (unpaired) electrons. The second kappa shape index (κ2) is 14.1. The van der Waals surface area contributed by atoms with Crippen LogP contribution in [-0.2, 0) is 11.4 Å². The third-order valence-electron chi connectivity index (χ3n) is 5.50. The highest BCUT2D eigenvalue weighted by atomic mass is 19.1. The molecule has 0 aliphatic carbocycles. The van der Waals surface area contributed by atoms with Crippen LogP contribution < -0.4 is 25.0 Å². The molecule has 4 aromatic carbocycles. The number of carbonyl (C=O) groups is 2. The Morgan fingerprint density at radius 1 is 0.850 bits per heavy atom. The highest BCUT2D eigenvalue weighted by molar-refractivity contribution is 5.95. The lowest BCUT2D eigenvalue weighted by Gasteiger charge is -2.13. The summed E-state index contributed by atoms with van der Waals surface area (Å²) >= 11 is 0. The van der Waals surface area contributed by atoms with Crippen molar-refractivity contribution in [3.8, 4) is 17.2 Å². The lowest BCUT2D eigenvalue weighted by atomic mass is 10.2. The van der Waals surface area contributed by atoms with E-state index in [1.165, 1.54) is 30.5 Å². The fraction of sp³-hybridized carbons (Fsp3) is 0.129. The number of amides is 2. The first-order valence-electron chi connectivity index (χ1n) is 12.6. The molecule has 0 aliphatic rings. The van der Waals surface area contributed by atoms with Gasteiger partial charge in [0.25, 0.3) is 11.8 Å². The quantitative estimate of drug-likeness (QED) is 0.180. The molecule has 0 spiro atoms. The van der Waals surface area contributed by atoms with E-state index >= 15 is 0 Å². The van der Waals surface area contributed by atoms with E-state index in [1.54, 1.807) is 42.5 Å². The Bertz CT molecular complexity index is 1440. The Morgan fingerprint density at radius 3 is 2.33 bits per heavy atom. The summed E-state index contributed by atoms with van der Waals surface area (Å²) in [7, 11) is 0. The standard InChI is InChI=1S/C31H28FN3O5/c1-2-38-29-18-24(10-17-28(29)40-20-23-6-4-3-5-7-23)31(37)35-33-19-22-8-15-27(16-9-22)39-21-30(36)34-26-13-11-25(32)12-14-26/h3-19H,2,20-21H2,1H3,(H,34,36)(H,35,37)/b33-19+. The SMILES string of the molecule is CCOc1cc(C(=O)N/N=C/c2ccc(OCC(=O)Nc3ccc(F)cc3)cc2)ccc1OCc1ccccc1. The van der Waals surface area contributed by atoms with Gasteiger partial charge in [-0.05, 0) is 84.8 Å². The highest BCUT2D eigenvalue weighted by Crippen LogP contribution is 2.29. The summed E-state index contributed by atoms with van der Waals surface area (Å²) in [5.74, 6) is 0.334. The van der Waals surface area contributed by atoms with Crippen molar-refractivity contribution in [3.05, 3.63) is 120 Å². The third kappa shape index (κ3) is 8.42. The Kier molecular flexibility index (Phi) is 9.82. The van der Waals surface area contributed by atoms with Gasteiger partial charge >= 0.3 is 0 Å². The first-order chi connectivity index (χ1) is 19.5. The molecule has 0 saturated heterocycles. The van der Waals surface area contributed by atoms with Gasteiger partial charge < -0.3 is 19.5 Å². The van der Waals surface area contributed by atoms with Crippen LogP contribution in [0.4, 0.5) is 10.1 Å². The summed E-state index contributed by atoms with van der Waals surface area (Å²) in [5.41, 5.74) is 5.08. The minimum Gasteiger partial charge on any atom is -0.490 e. The van der Waals surface area contributed by atoms with Gasteiger partial charge in [-0.25, -0.2) is 9.82 Å². The zero-order valence-electron chi connectivity index (χ0n) is 21.8. The number of halogens is 1. The minimum absolute atomic E-state index is 0.208. The van der Waals surface area contributed by atoms with Crippen molar-refractivity contribution in [1.82, 2.24) is 5.43 Å². The van der Waals surface area contributed by atoms with Gasteiger partial charge in [-0.3, -0.25) is 9.59 Å². The average molecular weight is 542 g/mol. The molecule has 4 aromatic rings. The van der Waals surface area contributed by atoms with Crippen LogP contribution in [0.1, 0.15) is 28.4 Å². The van der Waals surface area contributed by atoms with Crippen molar-refractivity contribution in [2.24, 2.45) is 5.10 Å². The van der Waals surface area contributed by atoms with Crippen LogP contribution >= 0.6 is 0 Å². The molecule has 4 rings (SSSR count). The molecule has 2 N–H and O–H groups in total. The fourth-order valence-electron chi connectivity index (χ4n) is 3.53. The fourth-order valence-corrected chi connectivity index (χ4v) is 3.53. The smallest absolute Gasteiger partial charge is 0.271 e. The number of hydrogen-bond acceptors (Lipinski definition) is 6. The monoisotopic (exact) mass is 541 g/mol. The number of anilines is 1. The molecule has 0 fully saturated rings. The molecule has 0 atom stereocenters. The zero-order valence-corrected chi connectivity index (χ0v) is 21.8. The maximum Gasteiger partial charge on any atom is 0.271 e. The number of nitrogens with one attached hydrogen (secondary N) is 2. The highest BCUT2D eigenvalue weighted by Gasteiger charge is 2.12. The predicted octanol–water partition coefficient (Wildman–Crippen LogP) is 5.58. The molecular weight excluding hydrogens is 513 g/mol. The minimum atomic E-state index is -0.404. The maximum absolute atomic E-state index is 13.0. The number of benzene rings is 4. The van der Waals surface area contributed by atoms with Crippen LogP contribution in [0, 0.1) is 5.82 Å². The normalized spacial score (nSPS) is 10.7. The van der Waals surface area contributed by atoms with E-state index < -0.39 is 5.91 Å². The molecule has 9 heteroatoms. The summed E-state index contributed by atoms with van der Waals surface area (Å²) in [4.78, 5) is 24.7. The van der Waals surface area contributed by atoms with Gasteiger partial charge in [0.15, 0.2) is 18.1 Å². The number of ether oxygens (including phenoxy) is 3. The van der Waals surface area contributed by atoms with E-state index in [2.05, 4.69) is 15.8 Å². The number of hydrazone groups is 1. The largest absolute Gasteiger partial charge is 0.490 e. The number of hydrogen-bond donors (Lipinski definition) is 2. The number of nitrogens with zero attached hydrogens (tertiary/aromatic N) is 1. The summed E-state index contributed by atoms with van der Waals surface area (Å²) in [6.45, 7) is 2.45. The van der Waals surface area contributed by atoms with Gasteiger partial charge in [-0.1, -0.05) is 30.3 Å². The van der Waals surface area contributed by atoms with Crippen molar-refractivity contribution in [2.45, 2.75) is 13.5 Å². The number of carbonyl (C=O) groups excluding carboxylic acids is 2. The van der Waals surface area contributed by atoms with Crippen LogP contribution in [0.25, 0.3) is 0 Å². The molecule has 8 nitrogen and oxygen atoms in total. The maximum atomic E-state index is 13.0.